The van der Waals surface area contributed by atoms with Gasteiger partial charge >= 0.3 is 0 Å². The van der Waals surface area contributed by atoms with E-state index in [0.29, 0.717) is 24.1 Å². The number of imidazole rings is 1. The van der Waals surface area contributed by atoms with Crippen molar-refractivity contribution >= 4 is 43.9 Å². The molecule has 144 valence electrons. The predicted octanol–water partition coefficient (Wildman–Crippen LogP) is 2.63. The van der Waals surface area contributed by atoms with Crippen LogP contribution in [0.4, 0.5) is 0 Å². The molecule has 5 rings (SSSR count). The van der Waals surface area contributed by atoms with Crippen LogP contribution in [0.1, 0.15) is 25.1 Å². The molecule has 0 radical (unpaired) electrons. The van der Waals surface area contributed by atoms with E-state index in [1.54, 1.807) is 28.7 Å². The zero-order valence-corrected chi connectivity index (χ0v) is 16.8. The summed E-state index contributed by atoms with van der Waals surface area (Å²) in [5.41, 5.74) is 2.75. The highest BCUT2D eigenvalue weighted by atomic mass is 32.2. The fourth-order valence-corrected chi connectivity index (χ4v) is 6.14. The molecule has 10 heteroatoms. The number of pyridine rings is 1. The molecule has 0 saturated carbocycles. The molecule has 28 heavy (non-hydrogen) atoms. The van der Waals surface area contributed by atoms with Gasteiger partial charge in [-0.2, -0.15) is 13.1 Å². The van der Waals surface area contributed by atoms with E-state index >= 15 is 0 Å². The summed E-state index contributed by atoms with van der Waals surface area (Å²) >= 11 is 1.03. The summed E-state index contributed by atoms with van der Waals surface area (Å²) < 4.78 is 38.5. The molecule has 1 aliphatic rings. The van der Waals surface area contributed by atoms with Gasteiger partial charge in [0.2, 0.25) is 10.0 Å². The molecule has 0 amide bonds. The molecular weight excluding hydrogens is 396 g/mol. The summed E-state index contributed by atoms with van der Waals surface area (Å²) in [5, 5.41) is 0. The number of hydrogen-bond acceptors (Lipinski definition) is 7. The average molecular weight is 415 g/mol. The Morgan fingerprint density at radius 3 is 2.89 bits per heavy atom. The van der Waals surface area contributed by atoms with Gasteiger partial charge in [0.1, 0.15) is 27.3 Å². The topological polar surface area (TPSA) is 93.9 Å². The van der Waals surface area contributed by atoms with E-state index < -0.39 is 10.0 Å². The van der Waals surface area contributed by atoms with Crippen molar-refractivity contribution in [3.05, 3.63) is 42.4 Å². The van der Waals surface area contributed by atoms with E-state index in [2.05, 4.69) is 25.2 Å². The number of nitrogens with zero attached hydrogens (tertiary/aromatic N) is 6. The average Bonchev–Trinajstić information content (AvgIpc) is 3.44. The maximum absolute atomic E-state index is 13.3. The predicted molar refractivity (Wildman–Crippen MR) is 107 cm³/mol. The number of aryl methyl sites for hydroxylation is 1. The van der Waals surface area contributed by atoms with E-state index in [1.165, 1.54) is 0 Å². The van der Waals surface area contributed by atoms with Gasteiger partial charge in [-0.25, -0.2) is 18.4 Å². The Labute approximate surface area is 166 Å². The summed E-state index contributed by atoms with van der Waals surface area (Å²) in [6, 6.07) is 8.91. The van der Waals surface area contributed by atoms with Gasteiger partial charge in [0, 0.05) is 31.7 Å². The first-order chi connectivity index (χ1) is 13.6. The number of sulfonamides is 1. The lowest BCUT2D eigenvalue weighted by molar-refractivity contribution is 0.470. The minimum Gasteiger partial charge on any atom is -0.313 e. The first-order valence-corrected chi connectivity index (χ1v) is 11.3. The molecule has 0 aliphatic carbocycles. The van der Waals surface area contributed by atoms with Gasteiger partial charge in [-0.3, -0.25) is 0 Å². The largest absolute Gasteiger partial charge is 0.313 e. The van der Waals surface area contributed by atoms with Crippen LogP contribution >= 0.6 is 11.7 Å². The molecule has 4 aromatic rings. The Morgan fingerprint density at radius 2 is 2.04 bits per heavy atom. The number of aromatic nitrogens is 5. The molecule has 4 heterocycles. The van der Waals surface area contributed by atoms with E-state index in [0.717, 1.165) is 41.7 Å². The molecule has 1 atom stereocenters. The van der Waals surface area contributed by atoms with Crippen molar-refractivity contribution in [2.45, 2.75) is 30.7 Å². The van der Waals surface area contributed by atoms with Crippen LogP contribution in [0.5, 0.6) is 0 Å². The standard InChI is InChI=1S/C18H18N6O2S2/c1-2-24-17(20-14-6-4-9-19-18(14)24)12-8-10-23(11-12)28(25,26)15-7-3-5-13-16(15)22-27-21-13/h3-7,9,12H,2,8,10-11H2,1H3/t12-/m0/s1. The minimum absolute atomic E-state index is 0.0386. The van der Waals surface area contributed by atoms with E-state index in [1.807, 2.05) is 12.1 Å². The van der Waals surface area contributed by atoms with Gasteiger partial charge in [-0.15, -0.1) is 0 Å². The highest BCUT2D eigenvalue weighted by molar-refractivity contribution is 7.89. The lowest BCUT2D eigenvalue weighted by Gasteiger charge is -2.17. The van der Waals surface area contributed by atoms with Crippen molar-refractivity contribution in [3.8, 4) is 0 Å². The van der Waals surface area contributed by atoms with Crippen LogP contribution < -0.4 is 0 Å². The first kappa shape index (κ1) is 17.7. The lowest BCUT2D eigenvalue weighted by atomic mass is 10.1. The lowest BCUT2D eigenvalue weighted by Crippen LogP contribution is -2.29. The normalized spacial score (nSPS) is 18.4. The van der Waals surface area contributed by atoms with Gasteiger partial charge < -0.3 is 4.57 Å². The highest BCUT2D eigenvalue weighted by Crippen LogP contribution is 2.33. The number of fused-ring (bicyclic) bond motifs is 2. The van der Waals surface area contributed by atoms with Crippen LogP contribution in [-0.2, 0) is 16.6 Å². The van der Waals surface area contributed by atoms with Crippen molar-refractivity contribution in [1.82, 2.24) is 27.6 Å². The summed E-state index contributed by atoms with van der Waals surface area (Å²) in [4.78, 5) is 9.42. The molecule has 0 spiro atoms. The van der Waals surface area contributed by atoms with Gasteiger partial charge in [0.05, 0.1) is 11.7 Å². The zero-order chi connectivity index (χ0) is 19.3. The molecular formula is C18H18N6O2S2. The van der Waals surface area contributed by atoms with E-state index in [9.17, 15) is 8.42 Å². The second-order valence-corrected chi connectivity index (χ2v) is 9.23. The highest BCUT2D eigenvalue weighted by Gasteiger charge is 2.36. The summed E-state index contributed by atoms with van der Waals surface area (Å²) in [5.74, 6) is 0.944. The Hall–Kier alpha value is -2.43. The Balaban J connectivity index is 1.50. The summed E-state index contributed by atoms with van der Waals surface area (Å²) in [7, 11) is -3.64. The molecule has 0 unspecified atom stereocenters. The monoisotopic (exact) mass is 414 g/mol. The van der Waals surface area contributed by atoms with Crippen LogP contribution in [-0.4, -0.2) is 49.1 Å². The summed E-state index contributed by atoms with van der Waals surface area (Å²) in [6.45, 7) is 3.66. The maximum atomic E-state index is 13.3. The third kappa shape index (κ3) is 2.63. The third-order valence-electron chi connectivity index (χ3n) is 5.23. The molecule has 1 saturated heterocycles. The van der Waals surface area contributed by atoms with Gasteiger partial charge in [-0.05, 0) is 37.6 Å². The number of hydrogen-bond donors (Lipinski definition) is 0. The summed E-state index contributed by atoms with van der Waals surface area (Å²) in [6.07, 6.45) is 2.49. The molecule has 0 N–H and O–H groups in total. The van der Waals surface area contributed by atoms with Gasteiger partial charge in [-0.1, -0.05) is 6.07 Å². The van der Waals surface area contributed by atoms with Crippen LogP contribution in [0.2, 0.25) is 0 Å². The zero-order valence-electron chi connectivity index (χ0n) is 15.2. The molecule has 0 bridgehead atoms. The molecule has 3 aromatic heterocycles. The molecule has 1 aromatic carbocycles. The smallest absolute Gasteiger partial charge is 0.245 e. The van der Waals surface area contributed by atoms with Crippen molar-refractivity contribution in [1.29, 1.82) is 0 Å². The van der Waals surface area contributed by atoms with Crippen LogP contribution in [0.15, 0.2) is 41.4 Å². The van der Waals surface area contributed by atoms with Crippen molar-refractivity contribution in [3.63, 3.8) is 0 Å². The molecule has 1 fully saturated rings. The fourth-order valence-electron chi connectivity index (χ4n) is 3.89. The Kier molecular flexibility index (Phi) is 4.14. The van der Waals surface area contributed by atoms with Crippen LogP contribution in [0, 0.1) is 0 Å². The quantitative estimate of drug-likeness (QED) is 0.510. The maximum Gasteiger partial charge on any atom is 0.245 e. The second kappa shape index (κ2) is 6.57. The minimum atomic E-state index is -3.64. The van der Waals surface area contributed by atoms with E-state index in [-0.39, 0.29) is 10.8 Å². The van der Waals surface area contributed by atoms with Gasteiger partial charge in [0.15, 0.2) is 5.65 Å². The number of benzene rings is 1. The van der Waals surface area contributed by atoms with Crippen molar-refractivity contribution in [2.24, 2.45) is 0 Å². The third-order valence-corrected chi connectivity index (χ3v) is 7.67. The van der Waals surface area contributed by atoms with Gasteiger partial charge in [0.25, 0.3) is 0 Å². The fraction of sp³-hybridized carbons (Fsp3) is 0.333. The van der Waals surface area contributed by atoms with Crippen molar-refractivity contribution in [2.75, 3.05) is 13.1 Å². The van der Waals surface area contributed by atoms with Crippen LogP contribution in [0.25, 0.3) is 22.2 Å². The molecule has 8 nitrogen and oxygen atoms in total. The van der Waals surface area contributed by atoms with E-state index in [4.69, 9.17) is 4.98 Å². The SMILES string of the molecule is CCn1c([C@H]2CCN(S(=O)(=O)c3cccc4nsnc34)C2)nc2cccnc21. The molecule has 1 aliphatic heterocycles. The van der Waals surface area contributed by atoms with Crippen LogP contribution in [0.3, 0.4) is 0 Å². The Morgan fingerprint density at radius 1 is 1.18 bits per heavy atom. The Bertz CT molecular complexity index is 1280. The second-order valence-electron chi connectivity index (χ2n) is 6.80. The number of rotatable bonds is 4. The first-order valence-electron chi connectivity index (χ1n) is 9.12. The van der Waals surface area contributed by atoms with Crippen molar-refractivity contribution < 1.29 is 8.42 Å².